The van der Waals surface area contributed by atoms with Gasteiger partial charge >= 0.3 is 0 Å². The number of hydrogen-bond acceptors (Lipinski definition) is 2. The summed E-state index contributed by atoms with van der Waals surface area (Å²) < 4.78 is 13.9. The Balaban J connectivity index is 2.28. The summed E-state index contributed by atoms with van der Waals surface area (Å²) >= 11 is 3.40. The van der Waals surface area contributed by atoms with Crippen LogP contribution in [0.15, 0.2) is 34.8 Å². The second-order valence-electron chi connectivity index (χ2n) is 3.85. The average molecular weight is 295 g/mol. The summed E-state index contributed by atoms with van der Waals surface area (Å²) in [6.45, 7) is 3.78. The molecule has 2 nitrogen and oxygen atoms in total. The van der Waals surface area contributed by atoms with Crippen LogP contribution in [0.5, 0.6) is 0 Å². The van der Waals surface area contributed by atoms with Crippen molar-refractivity contribution in [2.24, 2.45) is 0 Å². The highest BCUT2D eigenvalue weighted by Crippen LogP contribution is 2.22. The molecule has 0 bridgehead atoms. The third-order valence-corrected chi connectivity index (χ3v) is 3.31. The van der Waals surface area contributed by atoms with Crippen molar-refractivity contribution in [3.8, 4) is 0 Å². The zero-order chi connectivity index (χ0) is 12.4. The minimum atomic E-state index is -0.229. The molecule has 0 amide bonds. The topological polar surface area (TPSA) is 24.9 Å². The van der Waals surface area contributed by atoms with Crippen LogP contribution in [-0.2, 0) is 0 Å². The first-order valence-corrected chi connectivity index (χ1v) is 6.02. The minimum Gasteiger partial charge on any atom is -0.340 e. The fourth-order valence-electron chi connectivity index (χ4n) is 1.52. The number of aryl methyl sites for hydroxylation is 2. The molecule has 0 fully saturated rings. The van der Waals surface area contributed by atoms with Gasteiger partial charge in [-0.1, -0.05) is 0 Å². The van der Waals surface area contributed by atoms with E-state index >= 15 is 0 Å². The van der Waals surface area contributed by atoms with Crippen molar-refractivity contribution in [2.45, 2.75) is 13.8 Å². The first kappa shape index (κ1) is 12.0. The van der Waals surface area contributed by atoms with Crippen LogP contribution in [0.1, 0.15) is 11.3 Å². The van der Waals surface area contributed by atoms with Crippen molar-refractivity contribution in [3.05, 3.63) is 51.9 Å². The molecule has 1 N–H and O–H groups in total. The molecule has 1 aromatic carbocycles. The highest BCUT2D eigenvalue weighted by atomic mass is 79.9. The van der Waals surface area contributed by atoms with Crippen molar-refractivity contribution in [1.82, 2.24) is 4.98 Å². The Morgan fingerprint density at radius 2 is 1.94 bits per heavy atom. The summed E-state index contributed by atoms with van der Waals surface area (Å²) in [6, 6.07) is 8.45. The third kappa shape index (κ3) is 2.82. The van der Waals surface area contributed by atoms with Gasteiger partial charge in [0.1, 0.15) is 11.6 Å². The summed E-state index contributed by atoms with van der Waals surface area (Å²) in [4.78, 5) is 4.38. The predicted molar refractivity (Wildman–Crippen MR) is 71.1 cm³/mol. The second kappa shape index (κ2) is 4.84. The molecular formula is C13H12BrFN2. The molecule has 4 heteroatoms. The first-order chi connectivity index (χ1) is 8.06. The Kier molecular flexibility index (Phi) is 3.43. The highest BCUT2D eigenvalue weighted by molar-refractivity contribution is 9.10. The van der Waals surface area contributed by atoms with Crippen LogP contribution < -0.4 is 5.32 Å². The van der Waals surface area contributed by atoms with E-state index in [1.54, 1.807) is 6.07 Å². The molecule has 0 saturated carbocycles. The van der Waals surface area contributed by atoms with Gasteiger partial charge in [0.2, 0.25) is 0 Å². The molecule has 0 atom stereocenters. The van der Waals surface area contributed by atoms with E-state index in [9.17, 15) is 4.39 Å². The fraction of sp³-hybridized carbons (Fsp3) is 0.154. The number of rotatable bonds is 2. The van der Waals surface area contributed by atoms with Gasteiger partial charge in [-0.2, -0.15) is 0 Å². The number of nitrogens with zero attached hydrogens (tertiary/aromatic N) is 1. The predicted octanol–water partition coefficient (Wildman–Crippen LogP) is 4.34. The van der Waals surface area contributed by atoms with Crippen LogP contribution in [0, 0.1) is 19.7 Å². The second-order valence-corrected chi connectivity index (χ2v) is 4.70. The fourth-order valence-corrected chi connectivity index (χ4v) is 1.74. The molecule has 2 aromatic rings. The Labute approximate surface area is 108 Å². The summed E-state index contributed by atoms with van der Waals surface area (Å²) in [7, 11) is 0. The number of pyridine rings is 1. The van der Waals surface area contributed by atoms with Crippen LogP contribution in [-0.4, -0.2) is 4.98 Å². The van der Waals surface area contributed by atoms with E-state index in [0.29, 0.717) is 0 Å². The molecule has 0 aliphatic rings. The molecule has 2 rings (SSSR count). The van der Waals surface area contributed by atoms with Crippen LogP contribution >= 0.6 is 15.9 Å². The summed E-state index contributed by atoms with van der Waals surface area (Å²) in [6.07, 6.45) is 0. The summed E-state index contributed by atoms with van der Waals surface area (Å²) in [5.41, 5.74) is 2.63. The maximum atomic E-state index is 13.0. The molecule has 1 heterocycles. The van der Waals surface area contributed by atoms with Gasteiger partial charge in [-0.3, -0.25) is 0 Å². The Morgan fingerprint density at radius 3 is 2.59 bits per heavy atom. The zero-order valence-corrected chi connectivity index (χ0v) is 11.2. The van der Waals surface area contributed by atoms with E-state index in [-0.39, 0.29) is 5.82 Å². The van der Waals surface area contributed by atoms with E-state index in [0.717, 1.165) is 27.2 Å². The van der Waals surface area contributed by atoms with Crippen molar-refractivity contribution in [2.75, 3.05) is 5.32 Å². The zero-order valence-electron chi connectivity index (χ0n) is 9.59. The van der Waals surface area contributed by atoms with Crippen molar-refractivity contribution in [1.29, 1.82) is 0 Å². The van der Waals surface area contributed by atoms with E-state index in [2.05, 4.69) is 26.2 Å². The van der Waals surface area contributed by atoms with Gasteiger partial charge in [0.15, 0.2) is 0 Å². The van der Waals surface area contributed by atoms with E-state index < -0.39 is 0 Å². The van der Waals surface area contributed by atoms with Gasteiger partial charge in [0.25, 0.3) is 0 Å². The monoisotopic (exact) mass is 294 g/mol. The quantitative estimate of drug-likeness (QED) is 0.891. The molecule has 0 spiro atoms. The van der Waals surface area contributed by atoms with Gasteiger partial charge in [0, 0.05) is 10.2 Å². The van der Waals surface area contributed by atoms with Gasteiger partial charge in [-0.05, 0) is 65.7 Å². The smallest absolute Gasteiger partial charge is 0.130 e. The molecule has 1 aromatic heterocycles. The highest BCUT2D eigenvalue weighted by Gasteiger charge is 2.03. The number of anilines is 2. The number of benzene rings is 1. The average Bonchev–Trinajstić information content (AvgIpc) is 2.27. The van der Waals surface area contributed by atoms with Crippen LogP contribution in [0.4, 0.5) is 15.9 Å². The van der Waals surface area contributed by atoms with Gasteiger partial charge < -0.3 is 5.32 Å². The lowest BCUT2D eigenvalue weighted by atomic mass is 10.2. The van der Waals surface area contributed by atoms with E-state index in [4.69, 9.17) is 0 Å². The molecule has 88 valence electrons. The van der Waals surface area contributed by atoms with Gasteiger partial charge in [-0.25, -0.2) is 9.37 Å². The standard InChI is InChI=1S/C13H12BrFN2/c1-8-7-10(15)3-5-12(8)17-13-6-4-11(14)9(2)16-13/h3-7H,1-2H3,(H,16,17). The van der Waals surface area contributed by atoms with E-state index in [1.807, 2.05) is 26.0 Å². The lowest BCUT2D eigenvalue weighted by molar-refractivity contribution is 0.627. The van der Waals surface area contributed by atoms with Crippen LogP contribution in [0.3, 0.4) is 0 Å². The normalized spacial score (nSPS) is 10.4. The minimum absolute atomic E-state index is 0.229. The SMILES string of the molecule is Cc1cc(F)ccc1Nc1ccc(Br)c(C)n1. The Hall–Kier alpha value is -1.42. The molecule has 17 heavy (non-hydrogen) atoms. The van der Waals surface area contributed by atoms with E-state index in [1.165, 1.54) is 12.1 Å². The lowest BCUT2D eigenvalue weighted by Gasteiger charge is -2.09. The Morgan fingerprint density at radius 1 is 1.18 bits per heavy atom. The molecule has 0 aliphatic heterocycles. The van der Waals surface area contributed by atoms with Crippen molar-refractivity contribution < 1.29 is 4.39 Å². The van der Waals surface area contributed by atoms with Crippen LogP contribution in [0.25, 0.3) is 0 Å². The number of halogens is 2. The molecule has 0 unspecified atom stereocenters. The molecule has 0 aliphatic carbocycles. The van der Waals surface area contributed by atoms with Gasteiger partial charge in [-0.15, -0.1) is 0 Å². The summed E-state index contributed by atoms with van der Waals surface area (Å²) in [5, 5.41) is 3.17. The lowest BCUT2D eigenvalue weighted by Crippen LogP contribution is -1.97. The van der Waals surface area contributed by atoms with Crippen LogP contribution in [0.2, 0.25) is 0 Å². The number of hydrogen-bond donors (Lipinski definition) is 1. The number of aromatic nitrogens is 1. The van der Waals surface area contributed by atoms with Gasteiger partial charge in [0.05, 0.1) is 5.69 Å². The largest absolute Gasteiger partial charge is 0.340 e. The summed E-state index contributed by atoms with van der Waals surface area (Å²) in [5.74, 6) is 0.522. The van der Waals surface area contributed by atoms with Crippen molar-refractivity contribution >= 4 is 27.4 Å². The Bertz CT molecular complexity index is 555. The maximum absolute atomic E-state index is 13.0. The first-order valence-electron chi connectivity index (χ1n) is 5.22. The maximum Gasteiger partial charge on any atom is 0.130 e. The molecule has 0 saturated heterocycles. The van der Waals surface area contributed by atoms with Crippen molar-refractivity contribution in [3.63, 3.8) is 0 Å². The number of nitrogens with one attached hydrogen (secondary N) is 1. The molecule has 0 radical (unpaired) electrons. The third-order valence-electron chi connectivity index (χ3n) is 2.47. The molecular weight excluding hydrogens is 283 g/mol.